The van der Waals surface area contributed by atoms with Gasteiger partial charge < -0.3 is 0 Å². The number of nitrogens with zero attached hydrogens (tertiary/aromatic N) is 2. The topological polar surface area (TPSA) is 24.7 Å². The lowest BCUT2D eigenvalue weighted by Gasteiger charge is -2.05. The van der Waals surface area contributed by atoms with Crippen LogP contribution >= 0.6 is 0 Å². The molecule has 0 saturated carbocycles. The summed E-state index contributed by atoms with van der Waals surface area (Å²) in [6.07, 6.45) is -1.82. The number of rotatable bonds is 3. The Balaban J connectivity index is 2.04. The van der Waals surface area contributed by atoms with Gasteiger partial charge in [0, 0.05) is 5.56 Å². The minimum absolute atomic E-state index is 0.287. The van der Waals surface area contributed by atoms with Crippen molar-refractivity contribution in [3.63, 3.8) is 0 Å². The molecule has 0 fully saturated rings. The Labute approximate surface area is 124 Å². The van der Waals surface area contributed by atoms with E-state index in [9.17, 15) is 17.6 Å². The molecule has 114 valence electrons. The van der Waals surface area contributed by atoms with Crippen molar-refractivity contribution in [3.05, 3.63) is 70.5 Å². The summed E-state index contributed by atoms with van der Waals surface area (Å²) in [4.78, 5) is 0. The fraction of sp³-hybridized carbons (Fsp3) is 0.125. The summed E-state index contributed by atoms with van der Waals surface area (Å²) in [6.45, 7) is 1.77. The summed E-state index contributed by atoms with van der Waals surface area (Å²) in [7, 11) is 0. The summed E-state index contributed by atoms with van der Waals surface area (Å²) in [6, 6.07) is 9.19. The maximum Gasteiger partial charge on any atom is 0.416 e. The monoisotopic (exact) mass is 308 g/mol. The third-order valence-electron chi connectivity index (χ3n) is 2.86. The highest BCUT2D eigenvalue weighted by atomic mass is 19.4. The van der Waals surface area contributed by atoms with Crippen LogP contribution in [0.5, 0.6) is 0 Å². The lowest BCUT2D eigenvalue weighted by Crippen LogP contribution is -2.04. The van der Waals surface area contributed by atoms with Crippen molar-refractivity contribution < 1.29 is 17.6 Å². The predicted molar refractivity (Wildman–Crippen MR) is 77.8 cm³/mol. The summed E-state index contributed by atoms with van der Waals surface area (Å²) in [5, 5.41) is 7.37. The number of hydrogen-bond donors (Lipinski definition) is 0. The van der Waals surface area contributed by atoms with E-state index in [4.69, 9.17) is 0 Å². The van der Waals surface area contributed by atoms with Crippen LogP contribution in [0.15, 0.2) is 52.7 Å². The Morgan fingerprint density at radius 2 is 1.55 bits per heavy atom. The van der Waals surface area contributed by atoms with Gasteiger partial charge in [0.2, 0.25) is 0 Å². The van der Waals surface area contributed by atoms with Crippen LogP contribution in [0.2, 0.25) is 0 Å². The summed E-state index contributed by atoms with van der Waals surface area (Å²) < 4.78 is 50.7. The Morgan fingerprint density at radius 1 is 0.909 bits per heavy atom. The second kappa shape index (κ2) is 6.51. The molecule has 2 aromatic rings. The van der Waals surface area contributed by atoms with E-state index in [-0.39, 0.29) is 5.56 Å². The SMILES string of the molecule is Cc1ccc(/C=N/N=C/c2ccc(C(F)(F)F)cc2)c(F)c1. The van der Waals surface area contributed by atoms with Crippen LogP contribution in [-0.2, 0) is 6.18 Å². The molecule has 2 aromatic carbocycles. The van der Waals surface area contributed by atoms with E-state index in [1.54, 1.807) is 19.1 Å². The van der Waals surface area contributed by atoms with Crippen molar-refractivity contribution in [2.24, 2.45) is 10.2 Å². The standard InChI is InChI=1S/C16H12F4N2/c1-11-2-5-13(15(17)8-11)10-22-21-9-12-3-6-14(7-4-12)16(18,19)20/h2-10H,1H3/b21-9+,22-10+. The molecule has 0 radical (unpaired) electrons. The van der Waals surface area contributed by atoms with Crippen LogP contribution < -0.4 is 0 Å². The molecule has 0 aliphatic carbocycles. The molecule has 0 aliphatic rings. The van der Waals surface area contributed by atoms with Gasteiger partial charge in [-0.15, -0.1) is 0 Å². The molecule has 0 atom stereocenters. The van der Waals surface area contributed by atoms with Crippen molar-refractivity contribution in [2.45, 2.75) is 13.1 Å². The Bertz CT molecular complexity index is 701. The molecule has 0 aromatic heterocycles. The van der Waals surface area contributed by atoms with Crippen LogP contribution in [0.1, 0.15) is 22.3 Å². The molecule has 0 aliphatic heterocycles. The molecule has 2 nitrogen and oxygen atoms in total. The molecule has 0 N–H and O–H groups in total. The first-order valence-corrected chi connectivity index (χ1v) is 6.36. The Hall–Kier alpha value is -2.50. The van der Waals surface area contributed by atoms with Crippen molar-refractivity contribution in [1.82, 2.24) is 0 Å². The van der Waals surface area contributed by atoms with E-state index >= 15 is 0 Å². The molecule has 0 spiro atoms. The lowest BCUT2D eigenvalue weighted by atomic mass is 10.1. The number of alkyl halides is 3. The molecular weight excluding hydrogens is 296 g/mol. The molecule has 0 unspecified atom stereocenters. The van der Waals surface area contributed by atoms with Crippen molar-refractivity contribution in [2.75, 3.05) is 0 Å². The van der Waals surface area contributed by atoms with Gasteiger partial charge in [-0.3, -0.25) is 0 Å². The molecule has 2 rings (SSSR count). The van der Waals surface area contributed by atoms with Crippen LogP contribution in [0, 0.1) is 12.7 Å². The van der Waals surface area contributed by atoms with E-state index < -0.39 is 17.6 Å². The molecule has 22 heavy (non-hydrogen) atoms. The van der Waals surface area contributed by atoms with Gasteiger partial charge in [0.1, 0.15) is 5.82 Å². The van der Waals surface area contributed by atoms with E-state index in [1.165, 1.54) is 30.6 Å². The van der Waals surface area contributed by atoms with E-state index in [0.29, 0.717) is 5.56 Å². The van der Waals surface area contributed by atoms with Gasteiger partial charge in [0.25, 0.3) is 0 Å². The fourth-order valence-electron chi connectivity index (χ4n) is 1.69. The quantitative estimate of drug-likeness (QED) is 0.449. The van der Waals surface area contributed by atoms with E-state index in [0.717, 1.165) is 17.7 Å². The van der Waals surface area contributed by atoms with Crippen molar-refractivity contribution in [1.29, 1.82) is 0 Å². The average molecular weight is 308 g/mol. The molecule has 0 amide bonds. The predicted octanol–water partition coefficient (Wildman–Crippen LogP) is 4.61. The van der Waals surface area contributed by atoms with Crippen LogP contribution in [0.3, 0.4) is 0 Å². The third-order valence-corrected chi connectivity index (χ3v) is 2.86. The molecular formula is C16H12F4N2. The zero-order valence-electron chi connectivity index (χ0n) is 11.6. The van der Waals surface area contributed by atoms with Crippen LogP contribution in [0.4, 0.5) is 17.6 Å². The maximum absolute atomic E-state index is 13.5. The third kappa shape index (κ3) is 4.25. The smallest absolute Gasteiger partial charge is 0.206 e. The van der Waals surface area contributed by atoms with E-state index in [2.05, 4.69) is 10.2 Å². The van der Waals surface area contributed by atoms with E-state index in [1.807, 2.05) is 0 Å². The van der Waals surface area contributed by atoms with Crippen LogP contribution in [-0.4, -0.2) is 12.4 Å². The van der Waals surface area contributed by atoms with Crippen molar-refractivity contribution >= 4 is 12.4 Å². The largest absolute Gasteiger partial charge is 0.416 e. The maximum atomic E-state index is 13.5. The minimum atomic E-state index is -4.36. The molecule has 0 heterocycles. The first-order valence-electron chi connectivity index (χ1n) is 6.36. The first kappa shape index (κ1) is 15.9. The van der Waals surface area contributed by atoms with Crippen LogP contribution in [0.25, 0.3) is 0 Å². The number of aryl methyl sites for hydroxylation is 1. The zero-order valence-corrected chi connectivity index (χ0v) is 11.6. The van der Waals surface area contributed by atoms with Gasteiger partial charge in [-0.25, -0.2) is 4.39 Å². The first-order chi connectivity index (χ1) is 10.4. The van der Waals surface area contributed by atoms with Gasteiger partial charge in [0.05, 0.1) is 18.0 Å². The molecule has 6 heteroatoms. The second-order valence-electron chi connectivity index (χ2n) is 4.63. The number of benzene rings is 2. The van der Waals surface area contributed by atoms with Gasteiger partial charge in [-0.1, -0.05) is 24.3 Å². The van der Waals surface area contributed by atoms with Crippen molar-refractivity contribution in [3.8, 4) is 0 Å². The number of halogens is 4. The Morgan fingerprint density at radius 3 is 2.14 bits per heavy atom. The summed E-state index contributed by atoms with van der Waals surface area (Å²) in [5.74, 6) is -0.409. The average Bonchev–Trinajstić information content (AvgIpc) is 2.45. The van der Waals surface area contributed by atoms with Gasteiger partial charge in [-0.2, -0.15) is 23.4 Å². The van der Waals surface area contributed by atoms with Gasteiger partial charge in [-0.05, 0) is 36.2 Å². The molecule has 0 bridgehead atoms. The highest BCUT2D eigenvalue weighted by Gasteiger charge is 2.29. The zero-order chi connectivity index (χ0) is 16.2. The van der Waals surface area contributed by atoms with Gasteiger partial charge in [0.15, 0.2) is 0 Å². The highest BCUT2D eigenvalue weighted by Crippen LogP contribution is 2.28. The lowest BCUT2D eigenvalue weighted by molar-refractivity contribution is -0.137. The number of hydrogen-bond acceptors (Lipinski definition) is 2. The summed E-state index contributed by atoms with van der Waals surface area (Å²) >= 11 is 0. The fourth-order valence-corrected chi connectivity index (χ4v) is 1.69. The Kier molecular flexibility index (Phi) is 4.70. The molecule has 0 saturated heterocycles. The minimum Gasteiger partial charge on any atom is -0.206 e. The second-order valence-corrected chi connectivity index (χ2v) is 4.63. The summed E-state index contributed by atoms with van der Waals surface area (Å²) in [5.41, 5.74) is 0.822. The normalized spacial score (nSPS) is 12.4. The van der Waals surface area contributed by atoms with Gasteiger partial charge >= 0.3 is 6.18 Å². The highest BCUT2D eigenvalue weighted by molar-refractivity contribution is 5.82.